The molecule has 2 aromatic carbocycles. The van der Waals surface area contributed by atoms with E-state index >= 15 is 0 Å². The summed E-state index contributed by atoms with van der Waals surface area (Å²) < 4.78 is 7.10. The Balaban J connectivity index is 1.41. The van der Waals surface area contributed by atoms with Gasteiger partial charge in [0.25, 0.3) is 5.91 Å². The summed E-state index contributed by atoms with van der Waals surface area (Å²) in [6.07, 6.45) is 0.933. The smallest absolute Gasteiger partial charge is 0.271 e. The highest BCUT2D eigenvalue weighted by molar-refractivity contribution is 5.93. The average Bonchev–Trinajstić information content (AvgIpc) is 3.33. The molecule has 3 aromatic rings. The van der Waals surface area contributed by atoms with Gasteiger partial charge in [-0.05, 0) is 62.0 Å². The summed E-state index contributed by atoms with van der Waals surface area (Å²) >= 11 is 0. The van der Waals surface area contributed by atoms with Crippen molar-refractivity contribution in [3.05, 3.63) is 66.4 Å². The molecule has 7 heteroatoms. The molecule has 1 amide bonds. The van der Waals surface area contributed by atoms with Crippen molar-refractivity contribution >= 4 is 5.91 Å². The number of likely N-dealkylation sites (N-methyl/N-ethyl adjacent to an activating group) is 1. The topological polar surface area (TPSA) is 62.6 Å². The minimum Gasteiger partial charge on any atom is -0.497 e. The third kappa shape index (κ3) is 5.80. The molecule has 0 bridgehead atoms. The Morgan fingerprint density at radius 1 is 1.00 bits per heavy atom. The number of para-hydroxylation sites is 1. The van der Waals surface area contributed by atoms with Gasteiger partial charge in [0.1, 0.15) is 5.75 Å². The molecule has 0 radical (unpaired) electrons. The number of hydrogen-bond acceptors (Lipinski definition) is 5. The lowest BCUT2D eigenvalue weighted by Gasteiger charge is -2.33. The van der Waals surface area contributed by atoms with Crippen molar-refractivity contribution in [2.45, 2.75) is 13.3 Å². The minimum absolute atomic E-state index is 0.143. The van der Waals surface area contributed by atoms with Gasteiger partial charge in [-0.15, -0.1) is 0 Å². The normalized spacial score (nSPS) is 14.8. The number of nitrogens with one attached hydrogen (secondary N) is 1. The number of methoxy groups -OCH3 is 1. The van der Waals surface area contributed by atoms with Gasteiger partial charge >= 0.3 is 0 Å². The van der Waals surface area contributed by atoms with Crippen molar-refractivity contribution in [2.24, 2.45) is 0 Å². The summed E-state index contributed by atoms with van der Waals surface area (Å²) in [7, 11) is 1.65. The minimum atomic E-state index is -0.143. The van der Waals surface area contributed by atoms with Crippen LogP contribution in [0.2, 0.25) is 0 Å². The number of amides is 1. The van der Waals surface area contributed by atoms with E-state index in [1.54, 1.807) is 7.11 Å². The number of piperazine rings is 1. The maximum atomic E-state index is 12.9. The second kappa shape index (κ2) is 11.1. The van der Waals surface area contributed by atoms with Crippen molar-refractivity contribution in [3.63, 3.8) is 0 Å². The largest absolute Gasteiger partial charge is 0.497 e. The highest BCUT2D eigenvalue weighted by Gasteiger charge is 2.18. The van der Waals surface area contributed by atoms with Crippen LogP contribution < -0.4 is 10.1 Å². The predicted octanol–water partition coefficient (Wildman–Crippen LogP) is 3.31. The van der Waals surface area contributed by atoms with E-state index in [2.05, 4.69) is 27.1 Å². The average molecular weight is 448 g/mol. The van der Waals surface area contributed by atoms with Crippen LogP contribution in [0.5, 0.6) is 5.75 Å². The summed E-state index contributed by atoms with van der Waals surface area (Å²) in [5.74, 6) is 0.647. The van der Waals surface area contributed by atoms with E-state index in [1.807, 2.05) is 65.3 Å². The maximum Gasteiger partial charge on any atom is 0.271 e. The summed E-state index contributed by atoms with van der Waals surface area (Å²) in [5, 5.41) is 7.69. The van der Waals surface area contributed by atoms with Crippen molar-refractivity contribution in [3.8, 4) is 22.7 Å². The molecule has 2 heterocycles. The predicted molar refractivity (Wildman–Crippen MR) is 131 cm³/mol. The van der Waals surface area contributed by atoms with Gasteiger partial charge in [0.15, 0.2) is 5.69 Å². The van der Waals surface area contributed by atoms with Gasteiger partial charge in [-0.2, -0.15) is 5.10 Å². The molecule has 0 atom stereocenters. The zero-order valence-electron chi connectivity index (χ0n) is 19.5. The molecule has 33 heavy (non-hydrogen) atoms. The fourth-order valence-corrected chi connectivity index (χ4v) is 4.15. The standard InChI is InChI=1S/C26H33N5O2/c1-3-29-16-18-30(19-17-29)15-7-14-27-26(32)24-20-25(21-10-12-23(33-2)13-11-21)31(28-24)22-8-5-4-6-9-22/h4-6,8-13,20H,3,7,14-19H2,1-2H3,(H,27,32). The van der Waals surface area contributed by atoms with E-state index in [0.717, 1.165) is 68.4 Å². The Morgan fingerprint density at radius 3 is 2.36 bits per heavy atom. The first-order chi connectivity index (χ1) is 16.2. The first kappa shape index (κ1) is 23.0. The second-order valence-corrected chi connectivity index (χ2v) is 8.28. The number of aromatic nitrogens is 2. The Labute approximate surface area is 196 Å². The number of nitrogens with zero attached hydrogens (tertiary/aromatic N) is 4. The van der Waals surface area contributed by atoms with E-state index < -0.39 is 0 Å². The highest BCUT2D eigenvalue weighted by atomic mass is 16.5. The van der Waals surface area contributed by atoms with E-state index in [0.29, 0.717) is 12.2 Å². The molecular weight excluding hydrogens is 414 g/mol. The van der Waals surface area contributed by atoms with Crippen LogP contribution in [-0.2, 0) is 0 Å². The Kier molecular flexibility index (Phi) is 7.75. The number of carbonyl (C=O) groups is 1. The molecule has 0 spiro atoms. The number of ether oxygens (including phenoxy) is 1. The van der Waals surface area contributed by atoms with Crippen LogP contribution in [0.4, 0.5) is 0 Å². The molecule has 174 valence electrons. The fourth-order valence-electron chi connectivity index (χ4n) is 4.15. The molecule has 0 unspecified atom stereocenters. The van der Waals surface area contributed by atoms with Gasteiger partial charge in [-0.3, -0.25) is 4.79 Å². The molecule has 1 aliphatic rings. The molecule has 1 aromatic heterocycles. The third-order valence-electron chi connectivity index (χ3n) is 6.18. The van der Waals surface area contributed by atoms with Gasteiger partial charge in [0, 0.05) is 38.3 Å². The lowest BCUT2D eigenvalue weighted by atomic mass is 10.1. The highest BCUT2D eigenvalue weighted by Crippen LogP contribution is 2.26. The first-order valence-corrected chi connectivity index (χ1v) is 11.7. The number of rotatable bonds is 9. The Bertz CT molecular complexity index is 1020. The molecule has 0 aliphatic carbocycles. The van der Waals surface area contributed by atoms with E-state index in [-0.39, 0.29) is 5.91 Å². The van der Waals surface area contributed by atoms with Crippen LogP contribution in [0, 0.1) is 0 Å². The van der Waals surface area contributed by atoms with Crippen molar-refractivity contribution < 1.29 is 9.53 Å². The lowest BCUT2D eigenvalue weighted by Crippen LogP contribution is -2.46. The Morgan fingerprint density at radius 2 is 1.70 bits per heavy atom. The molecule has 1 fully saturated rings. The molecule has 1 N–H and O–H groups in total. The van der Waals surface area contributed by atoms with Crippen molar-refractivity contribution in [2.75, 3.05) is 52.9 Å². The quantitative estimate of drug-likeness (QED) is 0.510. The third-order valence-corrected chi connectivity index (χ3v) is 6.18. The molecule has 7 nitrogen and oxygen atoms in total. The van der Waals surface area contributed by atoms with Gasteiger partial charge < -0.3 is 19.9 Å². The van der Waals surface area contributed by atoms with Crippen LogP contribution in [0.1, 0.15) is 23.8 Å². The molecular formula is C26H33N5O2. The van der Waals surface area contributed by atoms with E-state index in [1.165, 1.54) is 0 Å². The number of hydrogen-bond donors (Lipinski definition) is 1. The van der Waals surface area contributed by atoms with Gasteiger partial charge in [-0.25, -0.2) is 4.68 Å². The van der Waals surface area contributed by atoms with Gasteiger partial charge in [0.2, 0.25) is 0 Å². The van der Waals surface area contributed by atoms with Crippen LogP contribution in [-0.4, -0.2) is 78.4 Å². The lowest BCUT2D eigenvalue weighted by molar-refractivity contribution is 0.0943. The van der Waals surface area contributed by atoms with E-state index in [9.17, 15) is 4.79 Å². The number of benzene rings is 2. The summed E-state index contributed by atoms with van der Waals surface area (Å²) in [6.45, 7) is 9.46. The molecule has 4 rings (SSSR count). The van der Waals surface area contributed by atoms with Crippen LogP contribution in [0.15, 0.2) is 60.7 Å². The Hall–Kier alpha value is -3.16. The van der Waals surface area contributed by atoms with Crippen LogP contribution in [0.3, 0.4) is 0 Å². The van der Waals surface area contributed by atoms with Gasteiger partial charge in [-0.1, -0.05) is 25.1 Å². The summed E-state index contributed by atoms with van der Waals surface area (Å²) in [6, 6.07) is 19.5. The summed E-state index contributed by atoms with van der Waals surface area (Å²) in [5.41, 5.74) is 3.16. The van der Waals surface area contributed by atoms with Crippen molar-refractivity contribution in [1.29, 1.82) is 0 Å². The number of carbonyl (C=O) groups excluding carboxylic acids is 1. The van der Waals surface area contributed by atoms with Gasteiger partial charge in [0.05, 0.1) is 18.5 Å². The maximum absolute atomic E-state index is 12.9. The van der Waals surface area contributed by atoms with Crippen molar-refractivity contribution in [1.82, 2.24) is 24.9 Å². The molecule has 1 aliphatic heterocycles. The monoisotopic (exact) mass is 447 g/mol. The van der Waals surface area contributed by atoms with E-state index in [4.69, 9.17) is 4.74 Å². The first-order valence-electron chi connectivity index (χ1n) is 11.7. The zero-order valence-corrected chi connectivity index (χ0v) is 19.5. The van der Waals surface area contributed by atoms with Crippen LogP contribution >= 0.6 is 0 Å². The summed E-state index contributed by atoms with van der Waals surface area (Å²) in [4.78, 5) is 17.8. The SMILES string of the molecule is CCN1CCN(CCCNC(=O)c2cc(-c3ccc(OC)cc3)n(-c3ccccc3)n2)CC1. The molecule has 1 saturated heterocycles. The second-order valence-electron chi connectivity index (χ2n) is 8.28. The molecule has 0 saturated carbocycles. The zero-order chi connectivity index (χ0) is 23.0. The van der Waals surface area contributed by atoms with Crippen LogP contribution in [0.25, 0.3) is 16.9 Å². The fraction of sp³-hybridized carbons (Fsp3) is 0.385.